The molecule has 1 aliphatic carbocycles. The van der Waals surface area contributed by atoms with Gasteiger partial charge >= 0.3 is 6.09 Å². The molecule has 2 amide bonds. The number of hydrogen-bond acceptors (Lipinski definition) is 5. The number of hydrogen-bond donors (Lipinski definition) is 1. The molecule has 2 fully saturated rings. The van der Waals surface area contributed by atoms with Crippen LogP contribution in [-0.2, 0) is 32.6 Å². The van der Waals surface area contributed by atoms with E-state index in [0.717, 1.165) is 52.3 Å². The lowest BCUT2D eigenvalue weighted by Crippen LogP contribution is -2.51. The van der Waals surface area contributed by atoms with Crippen LogP contribution < -0.4 is 4.72 Å². The lowest BCUT2D eigenvalue weighted by Gasteiger charge is -2.40. The number of sulfonamides is 1. The van der Waals surface area contributed by atoms with E-state index in [1.807, 2.05) is 68.3 Å². The maximum absolute atomic E-state index is 14.9. The molecule has 2 heterocycles. The molecular formula is C38H46N4O5S. The number of carbonyl (C=O) groups is 2. The molecule has 1 saturated heterocycles. The Morgan fingerprint density at radius 1 is 0.938 bits per heavy atom. The highest BCUT2D eigenvalue weighted by atomic mass is 32.2. The van der Waals surface area contributed by atoms with Crippen molar-refractivity contribution in [2.24, 2.45) is 5.92 Å². The van der Waals surface area contributed by atoms with E-state index in [1.165, 1.54) is 0 Å². The van der Waals surface area contributed by atoms with E-state index < -0.39 is 21.5 Å². The highest BCUT2D eigenvalue weighted by molar-refractivity contribution is 7.88. The molecule has 3 aromatic carbocycles. The van der Waals surface area contributed by atoms with Crippen molar-refractivity contribution in [2.45, 2.75) is 70.7 Å². The van der Waals surface area contributed by atoms with Crippen LogP contribution in [0.3, 0.4) is 0 Å². The van der Waals surface area contributed by atoms with Crippen LogP contribution in [0.2, 0.25) is 0 Å². The summed E-state index contributed by atoms with van der Waals surface area (Å²) in [4.78, 5) is 31.9. The standard InChI is InChI=1S/C38H46N4O5S/c1-38(2,3)47-37(44)41-21-19-32(29-14-10-13-28(23-29)27-11-6-5-7-12-27)34(26-41)36(43)42(31-17-18-31)25-30-24-40(22-20-39-48(4,45)46)35-16-9-8-15-33(30)35/h5-16,23-24,31-32,34,39H,17-22,25-26H2,1-4H3/t32-,34?/m1/s1. The summed E-state index contributed by atoms with van der Waals surface area (Å²) in [6.07, 6.45) is 5.36. The van der Waals surface area contributed by atoms with Gasteiger partial charge in [-0.2, -0.15) is 0 Å². The Labute approximate surface area is 283 Å². The number of nitrogens with zero attached hydrogens (tertiary/aromatic N) is 3. The molecule has 0 bridgehead atoms. The maximum atomic E-state index is 14.9. The minimum atomic E-state index is -3.31. The number of amides is 2. The Morgan fingerprint density at radius 3 is 2.35 bits per heavy atom. The smallest absolute Gasteiger partial charge is 0.410 e. The second-order valence-electron chi connectivity index (χ2n) is 14.1. The van der Waals surface area contributed by atoms with Crippen LogP contribution in [0.15, 0.2) is 85.1 Å². The summed E-state index contributed by atoms with van der Waals surface area (Å²) in [5.74, 6) is -0.453. The predicted octanol–water partition coefficient (Wildman–Crippen LogP) is 6.39. The van der Waals surface area contributed by atoms with Crippen LogP contribution in [-0.4, -0.2) is 72.3 Å². The first kappa shape index (κ1) is 33.7. The molecule has 1 saturated carbocycles. The molecule has 6 rings (SSSR count). The zero-order valence-corrected chi connectivity index (χ0v) is 29.1. The molecule has 0 spiro atoms. The molecule has 1 unspecified atom stereocenters. The second kappa shape index (κ2) is 13.8. The van der Waals surface area contributed by atoms with Gasteiger partial charge in [0.25, 0.3) is 0 Å². The van der Waals surface area contributed by atoms with Gasteiger partial charge in [-0.1, -0.05) is 72.8 Å². The largest absolute Gasteiger partial charge is 0.444 e. The van der Waals surface area contributed by atoms with E-state index in [4.69, 9.17) is 4.74 Å². The monoisotopic (exact) mass is 670 g/mol. The summed E-state index contributed by atoms with van der Waals surface area (Å²) in [5, 5.41) is 1.04. The first-order chi connectivity index (χ1) is 22.9. The quantitative estimate of drug-likeness (QED) is 0.211. The summed E-state index contributed by atoms with van der Waals surface area (Å²) in [6, 6.07) is 26.9. The van der Waals surface area contributed by atoms with E-state index >= 15 is 0 Å². The number of fused-ring (bicyclic) bond motifs is 1. The van der Waals surface area contributed by atoms with E-state index in [2.05, 4.69) is 51.8 Å². The number of aromatic nitrogens is 1. The molecule has 1 aliphatic heterocycles. The maximum Gasteiger partial charge on any atom is 0.410 e. The fourth-order valence-electron chi connectivity index (χ4n) is 6.83. The topological polar surface area (TPSA) is 101 Å². The summed E-state index contributed by atoms with van der Waals surface area (Å²) in [7, 11) is -3.31. The number of nitrogens with one attached hydrogen (secondary N) is 1. The summed E-state index contributed by atoms with van der Waals surface area (Å²) in [5.41, 5.74) is 4.71. The summed E-state index contributed by atoms with van der Waals surface area (Å²) in [6.45, 7) is 7.56. The number of ether oxygens (including phenoxy) is 1. The minimum Gasteiger partial charge on any atom is -0.444 e. The van der Waals surface area contributed by atoms with Gasteiger partial charge < -0.3 is 19.1 Å². The molecule has 254 valence electrons. The Hall–Kier alpha value is -4.15. The SMILES string of the molecule is CC(C)(C)OC(=O)N1CC[C@H](c2cccc(-c3ccccc3)c2)C(C(=O)N(Cc2cn(CCNS(C)(=O)=O)c3ccccc23)C2CC2)C1. The van der Waals surface area contributed by atoms with Gasteiger partial charge in [-0.15, -0.1) is 0 Å². The molecule has 9 nitrogen and oxygen atoms in total. The third kappa shape index (κ3) is 8.10. The van der Waals surface area contributed by atoms with Crippen molar-refractivity contribution in [1.29, 1.82) is 0 Å². The van der Waals surface area contributed by atoms with E-state index in [9.17, 15) is 18.0 Å². The lowest BCUT2D eigenvalue weighted by atomic mass is 9.79. The van der Waals surface area contributed by atoms with E-state index in [1.54, 1.807) is 4.90 Å². The van der Waals surface area contributed by atoms with Crippen molar-refractivity contribution in [3.05, 3.63) is 96.2 Å². The van der Waals surface area contributed by atoms with Crippen molar-refractivity contribution >= 4 is 32.9 Å². The highest BCUT2D eigenvalue weighted by Crippen LogP contribution is 2.40. The van der Waals surface area contributed by atoms with Crippen molar-refractivity contribution in [2.75, 3.05) is 25.9 Å². The van der Waals surface area contributed by atoms with Gasteiger partial charge in [0.1, 0.15) is 5.60 Å². The number of benzene rings is 3. The van der Waals surface area contributed by atoms with Crippen LogP contribution in [0.5, 0.6) is 0 Å². The Kier molecular flexibility index (Phi) is 9.67. The van der Waals surface area contributed by atoms with Crippen LogP contribution in [0.25, 0.3) is 22.0 Å². The molecule has 10 heteroatoms. The van der Waals surface area contributed by atoms with Crippen molar-refractivity contribution in [3.63, 3.8) is 0 Å². The Morgan fingerprint density at radius 2 is 1.65 bits per heavy atom. The number of para-hydroxylation sites is 1. The van der Waals surface area contributed by atoms with Crippen LogP contribution in [0, 0.1) is 5.92 Å². The molecule has 48 heavy (non-hydrogen) atoms. The van der Waals surface area contributed by atoms with Gasteiger partial charge in [0.15, 0.2) is 0 Å². The number of carbonyl (C=O) groups excluding carboxylic acids is 2. The van der Waals surface area contributed by atoms with Gasteiger partial charge in [0, 0.05) is 55.9 Å². The van der Waals surface area contributed by atoms with Crippen molar-refractivity contribution in [3.8, 4) is 11.1 Å². The lowest BCUT2D eigenvalue weighted by molar-refractivity contribution is -0.139. The summed E-state index contributed by atoms with van der Waals surface area (Å²) >= 11 is 0. The highest BCUT2D eigenvalue weighted by Gasteiger charge is 2.43. The fraction of sp³-hybridized carbons (Fsp3) is 0.421. The fourth-order valence-corrected chi connectivity index (χ4v) is 7.29. The summed E-state index contributed by atoms with van der Waals surface area (Å²) < 4.78 is 33.8. The van der Waals surface area contributed by atoms with Crippen molar-refractivity contribution in [1.82, 2.24) is 19.1 Å². The first-order valence-corrected chi connectivity index (χ1v) is 18.7. The van der Waals surface area contributed by atoms with Gasteiger partial charge in [-0.25, -0.2) is 17.9 Å². The van der Waals surface area contributed by atoms with Gasteiger partial charge in [0.2, 0.25) is 15.9 Å². The molecular weight excluding hydrogens is 625 g/mol. The van der Waals surface area contributed by atoms with Gasteiger partial charge in [-0.05, 0) is 74.3 Å². The van der Waals surface area contributed by atoms with Gasteiger partial charge in [0.05, 0.1) is 12.2 Å². The molecule has 1 N–H and O–H groups in total. The Balaban J connectivity index is 1.31. The molecule has 0 radical (unpaired) electrons. The first-order valence-electron chi connectivity index (χ1n) is 16.8. The Bertz CT molecular complexity index is 1880. The van der Waals surface area contributed by atoms with Gasteiger partial charge in [-0.3, -0.25) is 4.79 Å². The minimum absolute atomic E-state index is 0.0523. The third-order valence-electron chi connectivity index (χ3n) is 9.20. The van der Waals surface area contributed by atoms with E-state index in [0.29, 0.717) is 26.1 Å². The predicted molar refractivity (Wildman–Crippen MR) is 189 cm³/mol. The van der Waals surface area contributed by atoms with Crippen LogP contribution >= 0.6 is 0 Å². The zero-order chi connectivity index (χ0) is 34.1. The van der Waals surface area contributed by atoms with Crippen LogP contribution in [0.4, 0.5) is 4.79 Å². The third-order valence-corrected chi connectivity index (χ3v) is 9.93. The molecule has 4 aromatic rings. The van der Waals surface area contributed by atoms with Crippen LogP contribution in [0.1, 0.15) is 57.1 Å². The molecule has 2 atom stereocenters. The molecule has 1 aromatic heterocycles. The zero-order valence-electron chi connectivity index (χ0n) is 28.3. The number of piperidine rings is 1. The van der Waals surface area contributed by atoms with E-state index in [-0.39, 0.29) is 37.0 Å². The number of likely N-dealkylation sites (tertiary alicyclic amines) is 1. The normalized spacial score (nSPS) is 18.5. The average molecular weight is 671 g/mol. The van der Waals surface area contributed by atoms with Crippen molar-refractivity contribution < 1.29 is 22.7 Å². The molecule has 2 aliphatic rings. The second-order valence-corrected chi connectivity index (χ2v) is 16.0. The number of rotatable bonds is 10. The average Bonchev–Trinajstić information content (AvgIpc) is 3.84.